The average molecular weight is 177 g/mol. The first-order chi connectivity index (χ1) is 6.27. The molecule has 0 amide bonds. The highest BCUT2D eigenvalue weighted by Crippen LogP contribution is 2.23. The Bertz CT molecular complexity index is 409. The summed E-state index contributed by atoms with van der Waals surface area (Å²) in [4.78, 5) is 2.89. The Kier molecular flexibility index (Phi) is 1.77. The molecule has 0 atom stereocenters. The third-order valence-electron chi connectivity index (χ3n) is 1.84. The molecular weight excluding hydrogens is 169 g/mol. The first-order valence-electron chi connectivity index (χ1n) is 3.89. The average Bonchev–Trinajstić information content (AvgIpc) is 2.56. The summed E-state index contributed by atoms with van der Waals surface area (Å²) in [7, 11) is 0. The Morgan fingerprint density at radius 2 is 2.08 bits per heavy atom. The van der Waals surface area contributed by atoms with E-state index in [1.807, 2.05) is 0 Å². The van der Waals surface area contributed by atoms with Crippen LogP contribution in [0.15, 0.2) is 36.5 Å². The molecule has 0 aliphatic heterocycles. The van der Waals surface area contributed by atoms with Crippen LogP contribution in [0, 0.1) is 5.82 Å². The van der Waals surface area contributed by atoms with Gasteiger partial charge in [0, 0.05) is 23.5 Å². The lowest BCUT2D eigenvalue weighted by molar-refractivity contribution is 0.469. The zero-order valence-corrected chi connectivity index (χ0v) is 6.79. The van der Waals surface area contributed by atoms with E-state index >= 15 is 0 Å². The highest BCUT2D eigenvalue weighted by molar-refractivity contribution is 5.60. The smallest absolute Gasteiger partial charge is 0.136 e. The van der Waals surface area contributed by atoms with E-state index in [0.29, 0.717) is 11.3 Å². The van der Waals surface area contributed by atoms with E-state index < -0.39 is 5.82 Å². The van der Waals surface area contributed by atoms with E-state index in [-0.39, 0.29) is 5.75 Å². The molecule has 1 heterocycles. The zero-order valence-electron chi connectivity index (χ0n) is 6.79. The Morgan fingerprint density at radius 3 is 2.69 bits per heavy atom. The molecule has 0 bridgehead atoms. The van der Waals surface area contributed by atoms with Gasteiger partial charge in [0.1, 0.15) is 11.6 Å². The number of hydrogen-bond donors (Lipinski definition) is 2. The number of rotatable bonds is 1. The van der Waals surface area contributed by atoms with Gasteiger partial charge in [-0.25, -0.2) is 4.39 Å². The first kappa shape index (κ1) is 7.86. The number of phenols is 1. The molecular formula is C10H8FNO. The van der Waals surface area contributed by atoms with Crippen LogP contribution < -0.4 is 0 Å². The summed E-state index contributed by atoms with van der Waals surface area (Å²) in [6.07, 6.45) is 1.72. The minimum Gasteiger partial charge on any atom is -0.508 e. The Balaban J connectivity index is 2.53. The van der Waals surface area contributed by atoms with Crippen LogP contribution >= 0.6 is 0 Å². The summed E-state index contributed by atoms with van der Waals surface area (Å²) in [6.45, 7) is 0. The lowest BCUT2D eigenvalue weighted by Crippen LogP contribution is -1.83. The second-order valence-corrected chi connectivity index (χ2v) is 2.75. The monoisotopic (exact) mass is 177 g/mol. The topological polar surface area (TPSA) is 36.0 Å². The number of H-pyrrole nitrogens is 1. The molecule has 66 valence electrons. The second kappa shape index (κ2) is 2.94. The molecule has 1 aromatic carbocycles. The van der Waals surface area contributed by atoms with Gasteiger partial charge in [-0.3, -0.25) is 0 Å². The summed E-state index contributed by atoms with van der Waals surface area (Å²) < 4.78 is 13.2. The number of benzene rings is 1. The summed E-state index contributed by atoms with van der Waals surface area (Å²) in [5.74, 6) is -0.491. The van der Waals surface area contributed by atoms with Crippen LogP contribution in [0.25, 0.3) is 11.3 Å². The highest BCUT2D eigenvalue weighted by atomic mass is 19.1. The normalized spacial score (nSPS) is 10.2. The number of phenolic OH excluding ortho intramolecular Hbond substituents is 1. The van der Waals surface area contributed by atoms with E-state index in [1.54, 1.807) is 18.3 Å². The molecule has 2 aromatic rings. The molecule has 13 heavy (non-hydrogen) atoms. The molecule has 2 rings (SSSR count). The van der Waals surface area contributed by atoms with Crippen molar-refractivity contribution in [1.29, 1.82) is 0 Å². The number of aromatic amines is 1. The maximum absolute atomic E-state index is 13.2. The van der Waals surface area contributed by atoms with Gasteiger partial charge in [0.25, 0.3) is 0 Å². The number of nitrogens with one attached hydrogen (secondary N) is 1. The van der Waals surface area contributed by atoms with Crippen LogP contribution in [0.3, 0.4) is 0 Å². The fourth-order valence-electron chi connectivity index (χ4n) is 1.22. The maximum atomic E-state index is 13.2. The molecule has 0 saturated carbocycles. The minimum absolute atomic E-state index is 0.0622. The Hall–Kier alpha value is -1.77. The molecule has 2 N–H and O–H groups in total. The van der Waals surface area contributed by atoms with Crippen LogP contribution in [0.5, 0.6) is 5.75 Å². The standard InChI is InChI=1S/C10H8FNO/c11-9-6-7(13)3-4-8(9)10-2-1-5-12-10/h1-6,12-13H. The number of halogens is 1. The van der Waals surface area contributed by atoms with Crippen LogP contribution in [0.4, 0.5) is 4.39 Å². The SMILES string of the molecule is Oc1ccc(-c2ccc[nH]2)c(F)c1. The summed E-state index contributed by atoms with van der Waals surface area (Å²) in [5.41, 5.74) is 1.17. The lowest BCUT2D eigenvalue weighted by atomic mass is 10.1. The molecule has 3 heteroatoms. The van der Waals surface area contributed by atoms with Crippen LogP contribution in [0.2, 0.25) is 0 Å². The third-order valence-corrected chi connectivity index (χ3v) is 1.84. The molecule has 0 fully saturated rings. The largest absolute Gasteiger partial charge is 0.508 e. The number of aromatic nitrogens is 1. The maximum Gasteiger partial charge on any atom is 0.136 e. The molecule has 0 radical (unpaired) electrons. The fourth-order valence-corrected chi connectivity index (χ4v) is 1.22. The van der Waals surface area contributed by atoms with E-state index in [0.717, 1.165) is 6.07 Å². The minimum atomic E-state index is -0.428. The molecule has 0 aliphatic carbocycles. The van der Waals surface area contributed by atoms with Crippen LogP contribution in [-0.4, -0.2) is 10.1 Å². The molecule has 0 spiro atoms. The van der Waals surface area contributed by atoms with Gasteiger partial charge in [-0.15, -0.1) is 0 Å². The van der Waals surface area contributed by atoms with Gasteiger partial charge >= 0.3 is 0 Å². The van der Waals surface area contributed by atoms with Crippen molar-refractivity contribution in [2.75, 3.05) is 0 Å². The van der Waals surface area contributed by atoms with Gasteiger partial charge in [0.15, 0.2) is 0 Å². The van der Waals surface area contributed by atoms with Crippen molar-refractivity contribution in [1.82, 2.24) is 4.98 Å². The van der Waals surface area contributed by atoms with Crippen molar-refractivity contribution in [3.05, 3.63) is 42.3 Å². The lowest BCUT2D eigenvalue weighted by Gasteiger charge is -2.00. The van der Waals surface area contributed by atoms with Gasteiger partial charge in [0.05, 0.1) is 0 Å². The van der Waals surface area contributed by atoms with Crippen LogP contribution in [-0.2, 0) is 0 Å². The van der Waals surface area contributed by atoms with Crippen LogP contribution in [0.1, 0.15) is 0 Å². The molecule has 2 nitrogen and oxygen atoms in total. The quantitative estimate of drug-likeness (QED) is 0.689. The predicted octanol–water partition coefficient (Wildman–Crippen LogP) is 2.53. The van der Waals surface area contributed by atoms with Crippen molar-refractivity contribution in [2.45, 2.75) is 0 Å². The van der Waals surface area contributed by atoms with Gasteiger partial charge in [0.2, 0.25) is 0 Å². The molecule has 0 saturated heterocycles. The second-order valence-electron chi connectivity index (χ2n) is 2.75. The number of aromatic hydroxyl groups is 1. The summed E-state index contributed by atoms with van der Waals surface area (Å²) in [5, 5.41) is 8.98. The zero-order chi connectivity index (χ0) is 9.26. The van der Waals surface area contributed by atoms with E-state index in [1.165, 1.54) is 12.1 Å². The van der Waals surface area contributed by atoms with Crippen molar-refractivity contribution in [3.8, 4) is 17.0 Å². The van der Waals surface area contributed by atoms with E-state index in [4.69, 9.17) is 5.11 Å². The van der Waals surface area contributed by atoms with Gasteiger partial charge in [-0.2, -0.15) is 0 Å². The molecule has 0 aliphatic rings. The fraction of sp³-hybridized carbons (Fsp3) is 0. The first-order valence-corrected chi connectivity index (χ1v) is 3.89. The van der Waals surface area contributed by atoms with Gasteiger partial charge in [-0.1, -0.05) is 0 Å². The van der Waals surface area contributed by atoms with Gasteiger partial charge < -0.3 is 10.1 Å². The summed E-state index contributed by atoms with van der Waals surface area (Å²) >= 11 is 0. The van der Waals surface area contributed by atoms with Crippen molar-refractivity contribution < 1.29 is 9.50 Å². The molecule has 1 aromatic heterocycles. The number of hydrogen-bond acceptors (Lipinski definition) is 1. The Labute approximate surface area is 74.7 Å². The molecule has 0 unspecified atom stereocenters. The van der Waals surface area contributed by atoms with Crippen molar-refractivity contribution >= 4 is 0 Å². The summed E-state index contributed by atoms with van der Waals surface area (Å²) in [6, 6.07) is 7.66. The Morgan fingerprint density at radius 1 is 1.23 bits per heavy atom. The van der Waals surface area contributed by atoms with Crippen molar-refractivity contribution in [3.63, 3.8) is 0 Å². The van der Waals surface area contributed by atoms with Crippen molar-refractivity contribution in [2.24, 2.45) is 0 Å². The predicted molar refractivity (Wildman–Crippen MR) is 47.9 cm³/mol. The third kappa shape index (κ3) is 1.40. The van der Waals surface area contributed by atoms with E-state index in [9.17, 15) is 4.39 Å². The van der Waals surface area contributed by atoms with Gasteiger partial charge in [-0.05, 0) is 24.3 Å². The van der Waals surface area contributed by atoms with E-state index in [2.05, 4.69) is 4.98 Å². The highest BCUT2D eigenvalue weighted by Gasteiger charge is 2.05.